The van der Waals surface area contributed by atoms with E-state index >= 15 is 0 Å². The van der Waals surface area contributed by atoms with Crippen LogP contribution < -0.4 is 20.3 Å². The molecule has 0 spiro atoms. The van der Waals surface area contributed by atoms with Crippen molar-refractivity contribution in [2.45, 2.75) is 31.8 Å². The molecule has 1 atom stereocenters. The predicted molar refractivity (Wildman–Crippen MR) is 117 cm³/mol. The van der Waals surface area contributed by atoms with E-state index in [0.717, 1.165) is 12.8 Å². The number of carbonyl (C=O) groups excluding carboxylic acids is 3. The smallest absolute Gasteiger partial charge is 0.240 e. The summed E-state index contributed by atoms with van der Waals surface area (Å²) in [7, 11) is 1.50. The maximum absolute atomic E-state index is 13.0. The molecule has 31 heavy (non-hydrogen) atoms. The summed E-state index contributed by atoms with van der Waals surface area (Å²) in [6.07, 6.45) is 3.40. The highest BCUT2D eigenvalue weighted by molar-refractivity contribution is 7.13. The number of nitrogens with one attached hydrogen (secondary N) is 2. The SMILES string of the molecule is COc1ccccc1N(CC(=O)NC[C@H]1CCCO1)C(=O)CCC(=O)Nc1nccs1. The number of methoxy groups -OCH3 is 1. The van der Waals surface area contributed by atoms with Gasteiger partial charge in [-0.2, -0.15) is 0 Å². The highest BCUT2D eigenvalue weighted by Gasteiger charge is 2.24. The van der Waals surface area contributed by atoms with Crippen molar-refractivity contribution in [1.82, 2.24) is 10.3 Å². The lowest BCUT2D eigenvalue weighted by Crippen LogP contribution is -2.43. The molecule has 1 aromatic heterocycles. The zero-order valence-corrected chi connectivity index (χ0v) is 18.2. The fourth-order valence-electron chi connectivity index (χ4n) is 3.22. The highest BCUT2D eigenvalue weighted by Crippen LogP contribution is 2.28. The van der Waals surface area contributed by atoms with Gasteiger partial charge in [-0.15, -0.1) is 11.3 Å². The first kappa shape index (κ1) is 22.7. The van der Waals surface area contributed by atoms with Crippen molar-refractivity contribution in [3.8, 4) is 5.75 Å². The molecular weight excluding hydrogens is 420 g/mol. The van der Waals surface area contributed by atoms with Gasteiger partial charge in [0.15, 0.2) is 5.13 Å². The molecule has 10 heteroatoms. The van der Waals surface area contributed by atoms with E-state index < -0.39 is 0 Å². The van der Waals surface area contributed by atoms with Crippen molar-refractivity contribution in [1.29, 1.82) is 0 Å². The average Bonchev–Trinajstić information content (AvgIpc) is 3.48. The van der Waals surface area contributed by atoms with Crippen LogP contribution in [0.5, 0.6) is 5.75 Å². The first-order chi connectivity index (χ1) is 15.1. The van der Waals surface area contributed by atoms with Gasteiger partial charge in [0.2, 0.25) is 17.7 Å². The van der Waals surface area contributed by atoms with E-state index in [1.807, 2.05) is 0 Å². The molecule has 0 radical (unpaired) electrons. The van der Waals surface area contributed by atoms with Crippen molar-refractivity contribution in [3.05, 3.63) is 35.8 Å². The Morgan fingerprint density at radius 1 is 1.26 bits per heavy atom. The third-order valence-corrected chi connectivity index (χ3v) is 5.46. The number of thiazole rings is 1. The number of hydrogen-bond acceptors (Lipinski definition) is 7. The van der Waals surface area contributed by atoms with Crippen LogP contribution in [0.4, 0.5) is 10.8 Å². The second-order valence-corrected chi connectivity index (χ2v) is 7.87. The van der Waals surface area contributed by atoms with Crippen LogP contribution in [0, 0.1) is 0 Å². The molecule has 3 rings (SSSR count). The summed E-state index contributed by atoms with van der Waals surface area (Å²) in [4.78, 5) is 43.0. The predicted octanol–water partition coefficient (Wildman–Crippen LogP) is 2.20. The van der Waals surface area contributed by atoms with Gasteiger partial charge in [-0.25, -0.2) is 4.98 Å². The molecule has 166 valence electrons. The number of hydrogen-bond donors (Lipinski definition) is 2. The van der Waals surface area contributed by atoms with Crippen molar-refractivity contribution < 1.29 is 23.9 Å². The summed E-state index contributed by atoms with van der Waals surface area (Å²) >= 11 is 1.30. The van der Waals surface area contributed by atoms with Crippen LogP contribution >= 0.6 is 11.3 Å². The molecule has 1 saturated heterocycles. The van der Waals surface area contributed by atoms with Crippen LogP contribution in [0.3, 0.4) is 0 Å². The number of aromatic nitrogens is 1. The van der Waals surface area contributed by atoms with Gasteiger partial charge in [0.25, 0.3) is 0 Å². The molecule has 1 aliphatic rings. The van der Waals surface area contributed by atoms with Gasteiger partial charge in [-0.05, 0) is 25.0 Å². The minimum Gasteiger partial charge on any atom is -0.495 e. The molecular formula is C21H26N4O5S. The zero-order valence-electron chi connectivity index (χ0n) is 17.3. The molecule has 3 amide bonds. The van der Waals surface area contributed by atoms with Crippen LogP contribution in [0.25, 0.3) is 0 Å². The highest BCUT2D eigenvalue weighted by atomic mass is 32.1. The van der Waals surface area contributed by atoms with Gasteiger partial charge in [-0.3, -0.25) is 19.3 Å². The Kier molecular flexibility index (Phi) is 8.36. The van der Waals surface area contributed by atoms with Crippen LogP contribution in [0.2, 0.25) is 0 Å². The summed E-state index contributed by atoms with van der Waals surface area (Å²) in [6.45, 7) is 0.929. The first-order valence-corrected chi connectivity index (χ1v) is 11.0. The van der Waals surface area contributed by atoms with Gasteiger partial charge < -0.3 is 20.1 Å². The van der Waals surface area contributed by atoms with Gasteiger partial charge in [0.05, 0.1) is 18.9 Å². The summed E-state index contributed by atoms with van der Waals surface area (Å²) < 4.78 is 10.9. The number of amides is 3. The van der Waals surface area contributed by atoms with Gasteiger partial charge in [-0.1, -0.05) is 12.1 Å². The first-order valence-electron chi connectivity index (χ1n) is 10.1. The number of para-hydroxylation sites is 2. The second kappa shape index (κ2) is 11.4. The van der Waals surface area contributed by atoms with Crippen LogP contribution in [0.15, 0.2) is 35.8 Å². The van der Waals surface area contributed by atoms with E-state index in [4.69, 9.17) is 9.47 Å². The molecule has 0 unspecified atom stereocenters. The Bertz CT molecular complexity index is 884. The lowest BCUT2D eigenvalue weighted by Gasteiger charge is -2.24. The summed E-state index contributed by atoms with van der Waals surface area (Å²) in [5.74, 6) is -0.505. The van der Waals surface area contributed by atoms with Gasteiger partial charge in [0.1, 0.15) is 12.3 Å². The van der Waals surface area contributed by atoms with Crippen LogP contribution in [-0.4, -0.2) is 55.6 Å². The molecule has 1 aliphatic heterocycles. The normalized spacial score (nSPS) is 15.3. The number of anilines is 2. The molecule has 0 bridgehead atoms. The van der Waals surface area contributed by atoms with E-state index in [0.29, 0.717) is 29.7 Å². The molecule has 1 aromatic carbocycles. The lowest BCUT2D eigenvalue weighted by atomic mass is 10.2. The molecule has 0 aliphatic carbocycles. The molecule has 0 saturated carbocycles. The van der Waals surface area contributed by atoms with Crippen molar-refractivity contribution >= 4 is 39.9 Å². The maximum Gasteiger partial charge on any atom is 0.240 e. The number of nitrogens with zero attached hydrogens (tertiary/aromatic N) is 2. The fraction of sp³-hybridized carbons (Fsp3) is 0.429. The Morgan fingerprint density at radius 2 is 2.10 bits per heavy atom. The summed E-state index contributed by atoms with van der Waals surface area (Å²) in [6, 6.07) is 6.97. The topological polar surface area (TPSA) is 110 Å². The van der Waals surface area contributed by atoms with Crippen LogP contribution in [-0.2, 0) is 19.1 Å². The maximum atomic E-state index is 13.0. The third-order valence-electron chi connectivity index (χ3n) is 4.77. The zero-order chi connectivity index (χ0) is 22.1. The fourth-order valence-corrected chi connectivity index (χ4v) is 3.76. The Balaban J connectivity index is 1.63. The van der Waals surface area contributed by atoms with E-state index in [1.54, 1.807) is 35.8 Å². The minimum atomic E-state index is -0.356. The Hall–Kier alpha value is -2.98. The minimum absolute atomic E-state index is 0.00826. The second-order valence-electron chi connectivity index (χ2n) is 6.98. The number of carbonyl (C=O) groups is 3. The van der Waals surface area contributed by atoms with Gasteiger partial charge >= 0.3 is 0 Å². The van der Waals surface area contributed by atoms with E-state index in [-0.39, 0.29) is 43.2 Å². The molecule has 2 N–H and O–H groups in total. The molecule has 2 heterocycles. The Morgan fingerprint density at radius 3 is 2.81 bits per heavy atom. The van der Waals surface area contributed by atoms with E-state index in [9.17, 15) is 14.4 Å². The average molecular weight is 447 g/mol. The number of rotatable bonds is 10. The molecule has 9 nitrogen and oxygen atoms in total. The largest absolute Gasteiger partial charge is 0.495 e. The number of ether oxygens (including phenoxy) is 2. The third kappa shape index (κ3) is 6.76. The Labute approximate surface area is 184 Å². The quantitative estimate of drug-likeness (QED) is 0.579. The lowest BCUT2D eigenvalue weighted by molar-refractivity contribution is -0.125. The monoisotopic (exact) mass is 446 g/mol. The van der Waals surface area contributed by atoms with E-state index in [2.05, 4.69) is 15.6 Å². The summed E-state index contributed by atoms with van der Waals surface area (Å²) in [5, 5.41) is 7.71. The van der Waals surface area contributed by atoms with Crippen molar-refractivity contribution in [2.24, 2.45) is 0 Å². The van der Waals surface area contributed by atoms with Crippen molar-refractivity contribution in [2.75, 3.05) is 37.0 Å². The van der Waals surface area contributed by atoms with Crippen molar-refractivity contribution in [3.63, 3.8) is 0 Å². The van der Waals surface area contributed by atoms with Gasteiger partial charge in [0, 0.05) is 37.6 Å². The summed E-state index contributed by atoms with van der Waals surface area (Å²) in [5.41, 5.74) is 0.475. The number of benzene rings is 1. The standard InChI is InChI=1S/C21H26N4O5S/c1-29-17-7-3-2-6-16(17)25(14-19(27)23-13-15-5-4-11-30-15)20(28)9-8-18(26)24-21-22-10-12-31-21/h2-3,6-7,10,12,15H,4-5,8-9,11,13-14H2,1H3,(H,23,27)(H,22,24,26)/t15-/m1/s1. The van der Waals surface area contributed by atoms with Crippen LogP contribution in [0.1, 0.15) is 25.7 Å². The molecule has 1 fully saturated rings. The molecule has 2 aromatic rings. The van der Waals surface area contributed by atoms with E-state index in [1.165, 1.54) is 23.3 Å².